The molecule has 1 amide bonds. The van der Waals surface area contributed by atoms with Crippen LogP contribution in [0.25, 0.3) is 0 Å². The first-order valence-corrected chi connectivity index (χ1v) is 59.6. The van der Waals surface area contributed by atoms with Crippen molar-refractivity contribution in [2.24, 2.45) is 73.9 Å². The second-order valence-corrected chi connectivity index (χ2v) is 58.8. The zero-order chi connectivity index (χ0) is 111. The van der Waals surface area contributed by atoms with Gasteiger partial charge in [-0.25, -0.2) is 24.0 Å². The van der Waals surface area contributed by atoms with Crippen LogP contribution in [0.2, 0.25) is 16.6 Å². The van der Waals surface area contributed by atoms with E-state index in [1.165, 1.54) is 45.3 Å². The fourth-order valence-electron chi connectivity index (χ4n) is 28.8. The number of carbonyl (C=O) groups is 12. The topological polar surface area (TPSA) is 471 Å². The number of amides is 1. The molecule has 0 aromatic carbocycles. The third kappa shape index (κ3) is 19.3. The van der Waals surface area contributed by atoms with E-state index < -0.39 is 261 Å². The van der Waals surface area contributed by atoms with Gasteiger partial charge in [-0.1, -0.05) is 176 Å². The van der Waals surface area contributed by atoms with E-state index in [-0.39, 0.29) is 106 Å². The van der Waals surface area contributed by atoms with Crippen LogP contribution in [0.1, 0.15) is 286 Å². The van der Waals surface area contributed by atoms with Gasteiger partial charge >= 0.3 is 53.8 Å². The highest BCUT2D eigenvalue weighted by Gasteiger charge is 2.82. The molecule has 0 spiro atoms. The molecule has 7 heterocycles. The van der Waals surface area contributed by atoms with E-state index in [2.05, 4.69) is 53.8 Å². The monoisotopic (exact) mass is 2200 g/mol. The number of aliphatic hydroxyl groups is 6. The lowest BCUT2D eigenvalue weighted by atomic mass is 9.42. The lowest BCUT2D eigenvalue weighted by Crippen LogP contribution is -2.81. The van der Waals surface area contributed by atoms with E-state index in [1.54, 1.807) is 155 Å². The summed E-state index contributed by atoms with van der Waals surface area (Å²) in [6.07, 6.45) is -12.2. The van der Waals surface area contributed by atoms with Gasteiger partial charge in [0.2, 0.25) is 8.32 Å². The highest BCUT2D eigenvalue weighted by atomic mass is 33.1. The van der Waals surface area contributed by atoms with Crippen LogP contribution in [0.4, 0.5) is 4.79 Å². The molecule has 16 rings (SSSR count). The second-order valence-electron chi connectivity index (χ2n) is 47.8. The van der Waals surface area contributed by atoms with E-state index in [0.717, 1.165) is 33.8 Å². The van der Waals surface area contributed by atoms with Crippen LogP contribution in [0.5, 0.6) is 0 Å². The van der Waals surface area contributed by atoms with Crippen molar-refractivity contribution in [3.05, 3.63) is 125 Å². The zero-order valence-corrected chi connectivity index (χ0v) is 96.6. The Labute approximate surface area is 899 Å². The van der Waals surface area contributed by atoms with E-state index in [0.29, 0.717) is 41.0 Å². The predicted molar refractivity (Wildman–Crippen MR) is 561 cm³/mol. The number of furan rings is 1. The molecule has 0 unspecified atom stereocenters. The number of esters is 8. The highest BCUT2D eigenvalue weighted by molar-refractivity contribution is 8.76. The van der Waals surface area contributed by atoms with Crippen molar-refractivity contribution < 1.29 is 154 Å². The summed E-state index contributed by atoms with van der Waals surface area (Å²) in [5.41, 5.74) is -16.7. The van der Waals surface area contributed by atoms with Gasteiger partial charge in [0, 0.05) is 85.2 Å². The quantitative estimate of drug-likeness (QED) is 0.00809. The van der Waals surface area contributed by atoms with Crippen LogP contribution in [0.3, 0.4) is 0 Å². The average molecular weight is 2200 g/mol. The summed E-state index contributed by atoms with van der Waals surface area (Å²) in [4.78, 5) is 170. The summed E-state index contributed by atoms with van der Waals surface area (Å²) in [5, 5.41) is 81.9. The number of aliphatic hydroxyl groups excluding tert-OH is 3. The Morgan fingerprint density at radius 2 is 0.953 bits per heavy atom. The lowest BCUT2D eigenvalue weighted by molar-refractivity contribution is -0.345. The minimum Gasteiger partial charge on any atom is -0.467 e. The van der Waals surface area contributed by atoms with Gasteiger partial charge in [0.05, 0.1) is 61.5 Å². The Hall–Kier alpha value is -7.84. The summed E-state index contributed by atoms with van der Waals surface area (Å²) in [7, 11) is 0.0749. The first-order chi connectivity index (χ1) is 69.7. The average Bonchev–Trinajstić information content (AvgIpc) is 1.03. The van der Waals surface area contributed by atoms with E-state index in [4.69, 9.17) is 65.7 Å². The molecular formula is C111H153NO32S5Si. The number of alkyl carbamates (subject to hydrolysis) is 1. The molecule has 0 radical (unpaired) electrons. The molecule has 39 heteroatoms. The number of nitrogens with one attached hydrogen (secondary N) is 1. The summed E-state index contributed by atoms with van der Waals surface area (Å²) < 4.78 is 87.5. The van der Waals surface area contributed by atoms with Crippen molar-refractivity contribution in [2.75, 3.05) is 31.8 Å². The molecule has 7 N–H and O–H groups in total. The third-order valence-corrected chi connectivity index (χ3v) is 47.4. The smallest absolute Gasteiger partial charge is 0.408 e. The van der Waals surface area contributed by atoms with Crippen molar-refractivity contribution in [1.29, 1.82) is 0 Å². The normalized spacial score (nSPS) is 36.7. The van der Waals surface area contributed by atoms with Crippen LogP contribution in [0, 0.1) is 73.9 Å². The highest BCUT2D eigenvalue weighted by Crippen LogP contribution is 2.71. The molecule has 9 fully saturated rings. The predicted octanol–water partition coefficient (Wildman–Crippen LogP) is 16.8. The van der Waals surface area contributed by atoms with Crippen molar-refractivity contribution >= 4 is 135 Å². The number of ketones is 3. The number of hydrogen-bond acceptors (Lipinski definition) is 37. The lowest BCUT2D eigenvalue weighted by Gasteiger charge is -2.68. The van der Waals surface area contributed by atoms with Crippen molar-refractivity contribution in [3.63, 3.8) is 0 Å². The van der Waals surface area contributed by atoms with Gasteiger partial charge < -0.3 is 102 Å². The van der Waals surface area contributed by atoms with E-state index >= 15 is 9.59 Å². The molecule has 4 aromatic rings. The Bertz CT molecular complexity index is 5670. The molecule has 33 nitrogen and oxygen atoms in total. The number of Topliss-reactive ketones (excluding diaryl/α,β-unsaturated/α-hetero) is 3. The van der Waals surface area contributed by atoms with Crippen molar-refractivity contribution in [2.45, 2.75) is 380 Å². The Morgan fingerprint density at radius 1 is 0.527 bits per heavy atom. The molecule has 12 aliphatic rings. The number of fused-ring (bicyclic) bond motifs is 15. The van der Waals surface area contributed by atoms with E-state index in [9.17, 15) is 78.6 Å². The number of ether oxygens (including phenoxy) is 12. The first-order valence-electron chi connectivity index (χ1n) is 52.1. The van der Waals surface area contributed by atoms with Crippen LogP contribution in [0.15, 0.2) is 109 Å². The number of thiophene rings is 3. The molecule has 9 aliphatic carbocycles. The first kappa shape index (κ1) is 118. The van der Waals surface area contributed by atoms with Crippen LogP contribution >= 0.6 is 55.6 Å². The maximum atomic E-state index is 16.3. The summed E-state index contributed by atoms with van der Waals surface area (Å²) in [5.74, 6) is -10.7. The molecule has 29 atom stereocenters. The molecule has 828 valence electrons. The molecule has 3 aliphatic heterocycles. The molecule has 150 heavy (non-hydrogen) atoms. The van der Waals surface area contributed by atoms with Gasteiger partial charge in [-0.15, -0.1) is 34.0 Å². The van der Waals surface area contributed by atoms with Gasteiger partial charge in [-0.05, 0) is 184 Å². The van der Waals surface area contributed by atoms with Gasteiger partial charge in [0.25, 0.3) is 0 Å². The third-order valence-electron chi connectivity index (χ3n) is 36.8. The molecule has 6 saturated carbocycles. The Balaban J connectivity index is 0.000000194. The van der Waals surface area contributed by atoms with Crippen LogP contribution < -0.4 is 5.32 Å². The number of hydrogen-bond donors (Lipinski definition) is 7. The second kappa shape index (κ2) is 42.6. The maximum Gasteiger partial charge on any atom is 0.408 e. The van der Waals surface area contributed by atoms with Gasteiger partial charge in [-0.2, -0.15) is 0 Å². The fraction of sp³-hybridized carbons (Fsp3) is 0.694. The van der Waals surface area contributed by atoms with Gasteiger partial charge in [0.1, 0.15) is 103 Å². The Kier molecular flexibility index (Phi) is 33.4. The fourth-order valence-corrected chi connectivity index (χ4v) is 37.4. The summed E-state index contributed by atoms with van der Waals surface area (Å²) >= 11 is 3.51. The van der Waals surface area contributed by atoms with Crippen molar-refractivity contribution in [3.8, 4) is 0 Å². The molecular weight excluding hydrogens is 2050 g/mol. The van der Waals surface area contributed by atoms with Crippen molar-refractivity contribution in [1.82, 2.24) is 5.32 Å². The molecule has 4 aromatic heterocycles. The van der Waals surface area contributed by atoms with Crippen LogP contribution in [-0.2, 0) is 99.6 Å². The summed E-state index contributed by atoms with van der Waals surface area (Å²) in [6.45, 7) is 49.8. The number of allylic oxidation sites excluding steroid dienone is 1. The number of rotatable bonds is 25. The van der Waals surface area contributed by atoms with E-state index in [1.807, 2.05) is 54.7 Å². The van der Waals surface area contributed by atoms with Crippen LogP contribution in [-0.4, -0.2) is 254 Å². The standard InChI is InChI=1S/C54H79NO15S3Si.C30H40O7S.C27H34O10S/c1-29(2)74(30(3)4,31(5)6)70-43(41(35-20-17-23-63-35)55-49(61)69-50(10,11)12)48(60)65-36-27-54(62)46(67-47(59)37-21-18-24-72-37)44-52(15,32(7)26-38-53(44,28-64-38)68-34(9)56)45(58)42(40(33(36)8)51(54,13)14)66-39(57)22-19-25-73-71-16;1-15-13-30(34)25(36-26(33)20-10-9-11-38-20)23-28(8,24(32)18(4)22(17(15)3)27(30,6)7)16(2)12-21-29(23,14-35-21)37-19(5)31;1-12-14(29)10-27(34)22(36-23(33)15-7-6-8-38-15)20-25(5,21(32)19(31)18(12)24(27,3)4)16(30)9-17-26(20,11-35-17)37-13(2)28/h17-18,20-21,23-24,29-32,36,38,41-44,46,62H,19,22,25-28H2,1-16H3,(H,55,61);9-11,15-16,18,21,23,25,34H,12-14H2,1-8H3;6-8,14,16-17,19-20,22,29-31,34H,9-11H2,1-5H3/t32-,36-,38+,41-,42+,43+,44-,46-,52+,53-,54+;15-,16-,18+,21+,23-,25-,28+,29-,30+;14-,16-,17+,19+,20-,22-,25+,26-,27+/m000/s1. The maximum absolute atomic E-state index is 16.3. The zero-order valence-electron chi connectivity index (χ0n) is 91.5. The minimum atomic E-state index is -3.07. The Morgan fingerprint density at radius 3 is 1.36 bits per heavy atom. The summed E-state index contributed by atoms with van der Waals surface area (Å²) in [6, 6.07) is 11.9. The molecule has 3 saturated heterocycles. The largest absolute Gasteiger partial charge is 0.467 e. The minimum absolute atomic E-state index is 0.0259. The van der Waals surface area contributed by atoms with Gasteiger partial charge in [-0.3, -0.25) is 33.6 Å². The number of carbonyl (C=O) groups excluding carboxylic acids is 12. The molecule has 6 bridgehead atoms. The van der Waals surface area contributed by atoms with Gasteiger partial charge in [0.15, 0.2) is 40.6 Å². The SMILES string of the molecule is CC(=O)O[C@@]12CO[C@@H]1C[C@H](C)[C@@]1(C)C(=O)[C@H](C)C3=C(C)[C@@H](C)C[C@@](O)([C@@H](OC(=O)c4cccs4)[C@H]21)C3(C)C.CC(=O)O[C@@]12CO[C@@H]1C[C@H](O)[C@@]1(C)C(=O)[C@H](O)C3=C(C)[C@@H](O)C[C@@](O)([C@@H](OC(=O)c4cccs4)[C@H]21)C3(C)C.CSSCCCC(=O)O[C@H]1C(=O)[C@@]2(C)[C@H]([C@H](OC(=O)c3cccs3)[C@]3(O)C[C@H](OC(=O)[C@H](O[Si](C(C)C)(C(C)C)C(C)C)[C@@H](NC(=O)OC(C)(C)C)c4ccco4)C(C)=C1C3(C)C)[C@]1(OC(C)=O)CO[C@@H]1C[C@@H]2C.